The lowest BCUT2D eigenvalue weighted by Gasteiger charge is -2.04. The average Bonchev–Trinajstić information content (AvgIpc) is 2.01. The molecule has 0 unspecified atom stereocenters. The van der Waals surface area contributed by atoms with E-state index in [0.29, 0.717) is 11.8 Å². The highest BCUT2D eigenvalue weighted by molar-refractivity contribution is 5.00. The first-order valence-corrected chi connectivity index (χ1v) is 5.19. The third kappa shape index (κ3) is 11.5. The molecule has 0 aromatic carbocycles. The Balaban J connectivity index is 3.14. The van der Waals surface area contributed by atoms with Crippen molar-refractivity contribution in [3.63, 3.8) is 0 Å². The number of hydrogen-bond donors (Lipinski definition) is 0. The summed E-state index contributed by atoms with van der Waals surface area (Å²) in [7, 11) is 0. The van der Waals surface area contributed by atoms with Gasteiger partial charge in [-0.3, -0.25) is 0 Å². The fraction of sp³-hybridized carbons (Fsp3) is 0.833. The maximum atomic E-state index is 5.43. The van der Waals surface area contributed by atoms with Crippen molar-refractivity contribution in [2.24, 2.45) is 11.8 Å². The Morgan fingerprint density at radius 1 is 1.15 bits per heavy atom. The zero-order chi connectivity index (χ0) is 10.1. The van der Waals surface area contributed by atoms with E-state index in [1.807, 2.05) is 0 Å². The van der Waals surface area contributed by atoms with Crippen molar-refractivity contribution >= 4 is 0 Å². The van der Waals surface area contributed by atoms with Crippen LogP contribution in [0.4, 0.5) is 0 Å². The van der Waals surface area contributed by atoms with Crippen molar-refractivity contribution in [1.29, 1.82) is 0 Å². The van der Waals surface area contributed by atoms with Crippen molar-refractivity contribution in [1.82, 2.24) is 0 Å². The molecule has 1 nitrogen and oxygen atoms in total. The van der Waals surface area contributed by atoms with Crippen molar-refractivity contribution in [3.8, 4) is 11.8 Å². The topological polar surface area (TPSA) is 9.23 Å². The van der Waals surface area contributed by atoms with Gasteiger partial charge in [0.2, 0.25) is 0 Å². The van der Waals surface area contributed by atoms with Gasteiger partial charge in [-0.05, 0) is 12.3 Å². The van der Waals surface area contributed by atoms with Crippen LogP contribution in [0, 0.1) is 23.7 Å². The third-order valence-electron chi connectivity index (χ3n) is 1.43. The van der Waals surface area contributed by atoms with Gasteiger partial charge < -0.3 is 4.74 Å². The van der Waals surface area contributed by atoms with Crippen molar-refractivity contribution in [2.75, 3.05) is 13.2 Å². The molecule has 0 aliphatic rings. The first-order valence-electron chi connectivity index (χ1n) is 5.19. The molecule has 0 spiro atoms. The highest BCUT2D eigenvalue weighted by Crippen LogP contribution is 1.95. The second kappa shape index (κ2) is 8.13. The molecule has 0 N–H and O–H groups in total. The molecular weight excluding hydrogens is 160 g/mol. The predicted octanol–water partition coefficient (Wildman–Crippen LogP) is 3.10. The minimum absolute atomic E-state index is 0.497. The Labute approximate surface area is 82.9 Å². The van der Waals surface area contributed by atoms with E-state index in [4.69, 9.17) is 4.74 Å². The molecule has 0 heterocycles. The zero-order valence-electron chi connectivity index (χ0n) is 9.39. The van der Waals surface area contributed by atoms with E-state index >= 15 is 0 Å². The van der Waals surface area contributed by atoms with Gasteiger partial charge in [0.1, 0.15) is 0 Å². The summed E-state index contributed by atoms with van der Waals surface area (Å²) in [5.74, 6) is 7.42. The molecule has 0 aromatic rings. The maximum absolute atomic E-state index is 5.43. The van der Waals surface area contributed by atoms with Gasteiger partial charge in [0.15, 0.2) is 0 Å². The van der Waals surface area contributed by atoms with Gasteiger partial charge >= 0.3 is 0 Å². The van der Waals surface area contributed by atoms with Crippen molar-refractivity contribution in [3.05, 3.63) is 0 Å². The van der Waals surface area contributed by atoms with Gasteiger partial charge in [-0.2, -0.15) is 0 Å². The van der Waals surface area contributed by atoms with Crippen LogP contribution in [0.25, 0.3) is 0 Å². The van der Waals surface area contributed by atoms with Gasteiger partial charge in [-0.25, -0.2) is 0 Å². The highest BCUT2D eigenvalue weighted by atomic mass is 16.5. The lowest BCUT2D eigenvalue weighted by Crippen LogP contribution is -2.02. The van der Waals surface area contributed by atoms with Crippen LogP contribution in [0.1, 0.15) is 40.5 Å². The Hall–Kier alpha value is -0.480. The molecule has 0 amide bonds. The molecule has 0 saturated heterocycles. The summed E-state index contributed by atoms with van der Waals surface area (Å²) in [6.07, 6.45) is 2.03. The SMILES string of the molecule is CC(C)C#CCCCOCC(C)C. The van der Waals surface area contributed by atoms with E-state index in [9.17, 15) is 0 Å². The van der Waals surface area contributed by atoms with E-state index in [1.54, 1.807) is 0 Å². The van der Waals surface area contributed by atoms with Crippen LogP contribution in [-0.2, 0) is 4.74 Å². The average molecular weight is 182 g/mol. The number of hydrogen-bond acceptors (Lipinski definition) is 1. The molecule has 0 bridgehead atoms. The fourth-order valence-corrected chi connectivity index (χ4v) is 0.858. The highest BCUT2D eigenvalue weighted by Gasteiger charge is 1.92. The lowest BCUT2D eigenvalue weighted by atomic mass is 10.2. The molecule has 0 aliphatic heterocycles. The van der Waals surface area contributed by atoms with Crippen LogP contribution in [0.15, 0.2) is 0 Å². The number of unbranched alkanes of at least 4 members (excludes halogenated alkanes) is 1. The third-order valence-corrected chi connectivity index (χ3v) is 1.43. The van der Waals surface area contributed by atoms with Gasteiger partial charge in [0, 0.05) is 25.6 Å². The lowest BCUT2D eigenvalue weighted by molar-refractivity contribution is 0.109. The van der Waals surface area contributed by atoms with Gasteiger partial charge in [-0.1, -0.05) is 27.7 Å². The smallest absolute Gasteiger partial charge is 0.0488 e. The Morgan fingerprint density at radius 3 is 2.38 bits per heavy atom. The number of ether oxygens (including phenoxy) is 1. The summed E-state index contributed by atoms with van der Waals surface area (Å²) in [6, 6.07) is 0. The predicted molar refractivity (Wildman–Crippen MR) is 57.5 cm³/mol. The largest absolute Gasteiger partial charge is 0.381 e. The first-order chi connectivity index (χ1) is 6.13. The normalized spacial score (nSPS) is 10.3. The molecule has 0 radical (unpaired) electrons. The minimum atomic E-state index is 0.497. The monoisotopic (exact) mass is 182 g/mol. The molecule has 0 atom stereocenters. The number of rotatable bonds is 5. The van der Waals surface area contributed by atoms with E-state index in [2.05, 4.69) is 39.5 Å². The molecule has 0 saturated carbocycles. The van der Waals surface area contributed by atoms with Crippen LogP contribution in [0.3, 0.4) is 0 Å². The van der Waals surface area contributed by atoms with E-state index in [1.165, 1.54) is 0 Å². The first kappa shape index (κ1) is 12.5. The van der Waals surface area contributed by atoms with Crippen LogP contribution in [0.2, 0.25) is 0 Å². The summed E-state index contributed by atoms with van der Waals surface area (Å²) in [4.78, 5) is 0. The van der Waals surface area contributed by atoms with Gasteiger partial charge in [0.25, 0.3) is 0 Å². The summed E-state index contributed by atoms with van der Waals surface area (Å²) in [6.45, 7) is 10.3. The summed E-state index contributed by atoms with van der Waals surface area (Å²) < 4.78 is 5.43. The maximum Gasteiger partial charge on any atom is 0.0488 e. The minimum Gasteiger partial charge on any atom is -0.381 e. The Morgan fingerprint density at radius 2 is 1.85 bits per heavy atom. The van der Waals surface area contributed by atoms with E-state index in [-0.39, 0.29) is 0 Å². The van der Waals surface area contributed by atoms with Crippen LogP contribution < -0.4 is 0 Å². The Bertz CT molecular complexity index is 160. The molecular formula is C12H22O. The molecule has 13 heavy (non-hydrogen) atoms. The molecule has 1 heteroatoms. The molecule has 0 aromatic heterocycles. The van der Waals surface area contributed by atoms with E-state index < -0.39 is 0 Å². The second-order valence-corrected chi connectivity index (χ2v) is 4.05. The zero-order valence-corrected chi connectivity index (χ0v) is 9.39. The fourth-order valence-electron chi connectivity index (χ4n) is 0.858. The Kier molecular flexibility index (Phi) is 7.83. The summed E-state index contributed by atoms with van der Waals surface area (Å²) in [5.41, 5.74) is 0. The van der Waals surface area contributed by atoms with Crippen LogP contribution in [-0.4, -0.2) is 13.2 Å². The standard InChI is InChI=1S/C12H22O/c1-11(2)8-6-5-7-9-13-10-12(3)4/h11-12H,5,7,9-10H2,1-4H3. The van der Waals surface area contributed by atoms with Crippen LogP contribution in [0.5, 0.6) is 0 Å². The van der Waals surface area contributed by atoms with Gasteiger partial charge in [0.05, 0.1) is 0 Å². The van der Waals surface area contributed by atoms with Gasteiger partial charge in [-0.15, -0.1) is 11.8 Å². The molecule has 76 valence electrons. The van der Waals surface area contributed by atoms with Crippen molar-refractivity contribution in [2.45, 2.75) is 40.5 Å². The molecule has 0 fully saturated rings. The summed E-state index contributed by atoms with van der Waals surface area (Å²) in [5, 5.41) is 0. The quantitative estimate of drug-likeness (QED) is 0.469. The van der Waals surface area contributed by atoms with Crippen LogP contribution >= 0.6 is 0 Å². The molecule has 0 aliphatic carbocycles. The second-order valence-electron chi connectivity index (χ2n) is 4.05. The molecule has 0 rings (SSSR count). The van der Waals surface area contributed by atoms with Crippen molar-refractivity contribution < 1.29 is 4.74 Å². The van der Waals surface area contributed by atoms with E-state index in [0.717, 1.165) is 26.1 Å². The summed E-state index contributed by atoms with van der Waals surface area (Å²) >= 11 is 0.